The summed E-state index contributed by atoms with van der Waals surface area (Å²) in [7, 11) is 0. The molecule has 1 amide bonds. The summed E-state index contributed by atoms with van der Waals surface area (Å²) in [5.41, 5.74) is 4.03. The molecule has 0 fully saturated rings. The minimum atomic E-state index is -0.138. The molecule has 9 heteroatoms. The first-order valence-corrected chi connectivity index (χ1v) is 11.0. The molecule has 0 spiro atoms. The van der Waals surface area contributed by atoms with Crippen LogP contribution in [0.1, 0.15) is 42.4 Å². The van der Waals surface area contributed by atoms with E-state index in [0.717, 1.165) is 11.1 Å². The molecule has 0 saturated heterocycles. The molecule has 1 aromatic carbocycles. The van der Waals surface area contributed by atoms with Gasteiger partial charge in [-0.2, -0.15) is 16.3 Å². The third-order valence-corrected chi connectivity index (χ3v) is 6.09. The second-order valence-corrected chi connectivity index (χ2v) is 9.40. The highest BCUT2D eigenvalue weighted by Gasteiger charge is 2.32. The van der Waals surface area contributed by atoms with Gasteiger partial charge in [-0.3, -0.25) is 4.79 Å². The number of thiophene rings is 1. The first-order chi connectivity index (χ1) is 14.9. The van der Waals surface area contributed by atoms with Crippen molar-refractivity contribution in [1.29, 1.82) is 0 Å². The molecule has 3 aromatic heterocycles. The fourth-order valence-corrected chi connectivity index (χ4v) is 4.24. The molecule has 0 radical (unpaired) electrons. The average molecular weight is 435 g/mol. The van der Waals surface area contributed by atoms with Crippen molar-refractivity contribution in [2.45, 2.75) is 39.3 Å². The molecule has 4 aromatic rings. The van der Waals surface area contributed by atoms with E-state index in [9.17, 15) is 4.79 Å². The van der Waals surface area contributed by atoms with E-state index >= 15 is 0 Å². The number of benzene rings is 1. The first-order valence-electron chi connectivity index (χ1n) is 10.1. The number of fused-ring (bicyclic) bond motifs is 1. The van der Waals surface area contributed by atoms with Crippen molar-refractivity contribution in [3.63, 3.8) is 0 Å². The average Bonchev–Trinajstić information content (AvgIpc) is 3.49. The number of hydrogen-bond donors (Lipinski definition) is 0. The summed E-state index contributed by atoms with van der Waals surface area (Å²) >= 11 is 1.55. The molecule has 0 bridgehead atoms. The second kappa shape index (κ2) is 7.42. The van der Waals surface area contributed by atoms with Crippen LogP contribution < -0.4 is 0 Å². The van der Waals surface area contributed by atoms with Crippen LogP contribution in [0.4, 0.5) is 0 Å². The van der Waals surface area contributed by atoms with Crippen LogP contribution in [0.5, 0.6) is 0 Å². The smallest absolute Gasteiger partial charge is 0.281 e. The summed E-state index contributed by atoms with van der Waals surface area (Å²) in [6, 6.07) is 10.4. The standard InChI is InChI=1S/C22H22N6O2S/c1-22(2,3)16-6-4-14(5-7-16)12-27-9-10-28-18(21(27)29)17(24-26-28)20-23-19(25-30-20)15-8-11-31-13-15/h4-8,11,13H,9-10,12H2,1-3H3. The maximum atomic E-state index is 13.3. The fourth-order valence-electron chi connectivity index (χ4n) is 3.60. The van der Waals surface area contributed by atoms with Gasteiger partial charge in [0, 0.05) is 24.0 Å². The van der Waals surface area contributed by atoms with Gasteiger partial charge in [0.05, 0.1) is 6.54 Å². The third kappa shape index (κ3) is 3.65. The normalized spacial score (nSPS) is 14.2. The molecule has 0 N–H and O–H groups in total. The van der Waals surface area contributed by atoms with Crippen LogP contribution in [0, 0.1) is 0 Å². The van der Waals surface area contributed by atoms with E-state index in [0.29, 0.717) is 36.8 Å². The summed E-state index contributed by atoms with van der Waals surface area (Å²) < 4.78 is 7.02. The summed E-state index contributed by atoms with van der Waals surface area (Å²) in [5, 5.41) is 16.2. The van der Waals surface area contributed by atoms with E-state index < -0.39 is 0 Å². The maximum Gasteiger partial charge on any atom is 0.281 e. The van der Waals surface area contributed by atoms with Crippen molar-refractivity contribution in [3.8, 4) is 23.0 Å². The van der Waals surface area contributed by atoms with Gasteiger partial charge in [-0.1, -0.05) is 55.4 Å². The fraction of sp³-hybridized carbons (Fsp3) is 0.318. The Morgan fingerprint density at radius 1 is 1.13 bits per heavy atom. The minimum Gasteiger partial charge on any atom is -0.332 e. The van der Waals surface area contributed by atoms with Gasteiger partial charge >= 0.3 is 0 Å². The van der Waals surface area contributed by atoms with Gasteiger partial charge in [0.25, 0.3) is 11.8 Å². The number of rotatable bonds is 4. The molecule has 31 heavy (non-hydrogen) atoms. The van der Waals surface area contributed by atoms with Gasteiger partial charge in [-0.25, -0.2) is 4.68 Å². The van der Waals surface area contributed by atoms with Crippen LogP contribution in [0.3, 0.4) is 0 Å². The lowest BCUT2D eigenvalue weighted by Gasteiger charge is -2.27. The topological polar surface area (TPSA) is 89.9 Å². The molecular formula is C22H22N6O2S. The quantitative estimate of drug-likeness (QED) is 0.482. The number of amides is 1. The Bertz CT molecular complexity index is 1220. The van der Waals surface area contributed by atoms with Crippen molar-refractivity contribution in [2.24, 2.45) is 0 Å². The van der Waals surface area contributed by atoms with Crippen molar-refractivity contribution in [1.82, 2.24) is 30.0 Å². The zero-order chi connectivity index (χ0) is 21.6. The highest BCUT2D eigenvalue weighted by atomic mass is 32.1. The summed E-state index contributed by atoms with van der Waals surface area (Å²) in [6.45, 7) is 8.23. The molecule has 0 saturated carbocycles. The molecule has 1 aliphatic rings. The molecule has 158 valence electrons. The number of nitrogens with zero attached hydrogens (tertiary/aromatic N) is 6. The Morgan fingerprint density at radius 2 is 1.94 bits per heavy atom. The molecule has 4 heterocycles. The van der Waals surface area contributed by atoms with E-state index in [1.165, 1.54) is 5.56 Å². The molecule has 1 aliphatic heterocycles. The lowest BCUT2D eigenvalue weighted by Crippen LogP contribution is -2.40. The minimum absolute atomic E-state index is 0.0957. The van der Waals surface area contributed by atoms with Crippen LogP contribution in [0.2, 0.25) is 0 Å². The Balaban J connectivity index is 1.39. The summed E-state index contributed by atoms with van der Waals surface area (Å²) in [6.07, 6.45) is 0. The highest BCUT2D eigenvalue weighted by molar-refractivity contribution is 7.08. The predicted molar refractivity (Wildman–Crippen MR) is 117 cm³/mol. The Labute approximate surface area is 183 Å². The predicted octanol–water partition coefficient (Wildman–Crippen LogP) is 4.01. The molecule has 0 atom stereocenters. The number of carbonyl (C=O) groups is 1. The van der Waals surface area contributed by atoms with Gasteiger partial charge in [0.15, 0.2) is 11.4 Å². The van der Waals surface area contributed by atoms with Crippen molar-refractivity contribution >= 4 is 17.2 Å². The zero-order valence-corrected chi connectivity index (χ0v) is 18.4. The van der Waals surface area contributed by atoms with Gasteiger partial charge in [-0.15, -0.1) is 5.10 Å². The van der Waals surface area contributed by atoms with Crippen LogP contribution in [0.15, 0.2) is 45.6 Å². The Hall–Kier alpha value is -3.33. The van der Waals surface area contributed by atoms with Gasteiger partial charge in [0.2, 0.25) is 5.82 Å². The highest BCUT2D eigenvalue weighted by Crippen LogP contribution is 2.28. The molecule has 0 unspecified atom stereocenters. The van der Waals surface area contributed by atoms with E-state index in [1.54, 1.807) is 16.0 Å². The van der Waals surface area contributed by atoms with Crippen molar-refractivity contribution < 1.29 is 9.32 Å². The summed E-state index contributed by atoms with van der Waals surface area (Å²) in [4.78, 5) is 19.5. The van der Waals surface area contributed by atoms with Crippen molar-refractivity contribution in [3.05, 3.63) is 57.9 Å². The molecule has 0 aliphatic carbocycles. The van der Waals surface area contributed by atoms with Crippen LogP contribution >= 0.6 is 11.3 Å². The lowest BCUT2D eigenvalue weighted by molar-refractivity contribution is 0.0684. The van der Waals surface area contributed by atoms with Gasteiger partial charge in [0.1, 0.15) is 0 Å². The van der Waals surface area contributed by atoms with Crippen LogP contribution in [0.25, 0.3) is 23.0 Å². The monoisotopic (exact) mass is 434 g/mol. The van der Waals surface area contributed by atoms with E-state index in [2.05, 4.69) is 65.5 Å². The maximum absolute atomic E-state index is 13.3. The Kier molecular flexibility index (Phi) is 4.70. The number of aromatic nitrogens is 5. The third-order valence-electron chi connectivity index (χ3n) is 5.41. The van der Waals surface area contributed by atoms with Gasteiger partial charge < -0.3 is 9.42 Å². The molecular weight excluding hydrogens is 412 g/mol. The van der Waals surface area contributed by atoms with Crippen LogP contribution in [-0.2, 0) is 18.5 Å². The lowest BCUT2D eigenvalue weighted by atomic mass is 9.87. The first kappa shape index (κ1) is 19.6. The Morgan fingerprint density at radius 3 is 2.65 bits per heavy atom. The van der Waals surface area contributed by atoms with Gasteiger partial charge in [-0.05, 0) is 28.0 Å². The van der Waals surface area contributed by atoms with E-state index in [-0.39, 0.29) is 17.2 Å². The van der Waals surface area contributed by atoms with Crippen LogP contribution in [-0.4, -0.2) is 42.5 Å². The number of carbonyl (C=O) groups excluding carboxylic acids is 1. The van der Waals surface area contributed by atoms with Crippen molar-refractivity contribution in [2.75, 3.05) is 6.54 Å². The largest absolute Gasteiger partial charge is 0.332 e. The second-order valence-electron chi connectivity index (χ2n) is 8.62. The summed E-state index contributed by atoms with van der Waals surface area (Å²) in [5.74, 6) is 0.533. The van der Waals surface area contributed by atoms with E-state index in [4.69, 9.17) is 4.52 Å². The van der Waals surface area contributed by atoms with E-state index in [1.807, 2.05) is 21.7 Å². The molecule has 8 nitrogen and oxygen atoms in total. The SMILES string of the molecule is CC(C)(C)c1ccc(CN2CCn3nnc(-c4nc(-c5ccsc5)no4)c3C2=O)cc1. The zero-order valence-electron chi connectivity index (χ0n) is 17.6. The number of hydrogen-bond acceptors (Lipinski definition) is 7. The molecule has 5 rings (SSSR count).